The van der Waals surface area contributed by atoms with Crippen molar-refractivity contribution in [2.45, 2.75) is 10.3 Å². The fraction of sp³-hybridized carbons (Fsp3) is 0.111. The molecule has 0 fully saturated rings. The molecule has 0 bridgehead atoms. The van der Waals surface area contributed by atoms with Crippen molar-refractivity contribution >= 4 is 25.9 Å². The Bertz CT molecular complexity index is 649. The molecular formula is C9H11NO6S2. The summed E-state index contributed by atoms with van der Waals surface area (Å²) in [4.78, 5) is -0.307. The van der Waals surface area contributed by atoms with Gasteiger partial charge in [0.1, 0.15) is 0 Å². The van der Waals surface area contributed by atoms with Gasteiger partial charge in [-0.2, -0.15) is 8.42 Å². The zero-order chi connectivity index (χ0) is 14.0. The van der Waals surface area contributed by atoms with Crippen molar-refractivity contribution in [2.24, 2.45) is 0 Å². The fourth-order valence-corrected chi connectivity index (χ4v) is 3.40. The molecule has 7 nitrogen and oxygen atoms in total. The van der Waals surface area contributed by atoms with E-state index in [9.17, 15) is 16.8 Å². The molecule has 0 saturated heterocycles. The maximum Gasteiger partial charge on any atom is 0.398 e. The zero-order valence-electron chi connectivity index (χ0n) is 9.05. The van der Waals surface area contributed by atoms with Gasteiger partial charge in [-0.3, -0.25) is 4.55 Å². The average Bonchev–Trinajstić information content (AvgIpc) is 2.24. The lowest BCUT2D eigenvalue weighted by Crippen LogP contribution is -2.26. The van der Waals surface area contributed by atoms with Gasteiger partial charge in [0, 0.05) is 0 Å². The third kappa shape index (κ3) is 3.29. The summed E-state index contributed by atoms with van der Waals surface area (Å²) in [7, 11) is -9.15. The quantitative estimate of drug-likeness (QED) is 0.456. The van der Waals surface area contributed by atoms with Crippen LogP contribution in [0.3, 0.4) is 0 Å². The van der Waals surface area contributed by atoms with Crippen molar-refractivity contribution in [1.82, 2.24) is 0 Å². The average molecular weight is 293 g/mol. The van der Waals surface area contributed by atoms with Crippen LogP contribution in [0.2, 0.25) is 0 Å². The number of hydrogen-bond acceptors (Lipinski definition) is 6. The van der Waals surface area contributed by atoms with E-state index in [1.54, 1.807) is 0 Å². The Kier molecular flexibility index (Phi) is 4.12. The van der Waals surface area contributed by atoms with E-state index in [0.29, 0.717) is 0 Å². The Balaban J connectivity index is 3.29. The molecule has 18 heavy (non-hydrogen) atoms. The van der Waals surface area contributed by atoms with Crippen LogP contribution in [-0.2, 0) is 24.4 Å². The molecule has 1 unspecified atom stereocenters. The minimum absolute atomic E-state index is 0.0664. The van der Waals surface area contributed by atoms with Gasteiger partial charge in [0.2, 0.25) is 15.3 Å². The number of nitrogens with two attached hydrogens (primary N) is 1. The molecule has 0 amide bonds. The predicted molar refractivity (Wildman–Crippen MR) is 64.7 cm³/mol. The van der Waals surface area contributed by atoms with E-state index in [-0.39, 0.29) is 10.6 Å². The van der Waals surface area contributed by atoms with Gasteiger partial charge in [0.25, 0.3) is 0 Å². The second-order valence-corrected chi connectivity index (χ2v) is 6.25. The van der Waals surface area contributed by atoms with Gasteiger partial charge in [-0.25, -0.2) is 12.6 Å². The van der Waals surface area contributed by atoms with E-state index in [1.165, 1.54) is 24.3 Å². The first-order chi connectivity index (χ1) is 8.18. The molecule has 0 spiro atoms. The first-order valence-electron chi connectivity index (χ1n) is 4.55. The van der Waals surface area contributed by atoms with Gasteiger partial charge >= 0.3 is 10.4 Å². The molecule has 1 aromatic rings. The van der Waals surface area contributed by atoms with E-state index in [1.807, 2.05) is 0 Å². The summed E-state index contributed by atoms with van der Waals surface area (Å²) >= 11 is 0. The summed E-state index contributed by atoms with van der Waals surface area (Å²) in [6.07, 6.45) is 0.732. The van der Waals surface area contributed by atoms with E-state index < -0.39 is 25.7 Å². The smallest absolute Gasteiger partial charge is 0.398 e. The first kappa shape index (κ1) is 14.6. The van der Waals surface area contributed by atoms with Crippen molar-refractivity contribution in [3.05, 3.63) is 36.9 Å². The van der Waals surface area contributed by atoms with Gasteiger partial charge in [-0.1, -0.05) is 18.7 Å². The maximum absolute atomic E-state index is 12.0. The Morgan fingerprint density at radius 2 is 1.83 bits per heavy atom. The zero-order valence-corrected chi connectivity index (χ0v) is 10.7. The van der Waals surface area contributed by atoms with Crippen LogP contribution < -0.4 is 5.73 Å². The number of para-hydroxylation sites is 1. The molecule has 0 heterocycles. The van der Waals surface area contributed by atoms with Crippen molar-refractivity contribution < 1.29 is 25.6 Å². The molecular weight excluding hydrogens is 282 g/mol. The highest BCUT2D eigenvalue weighted by molar-refractivity contribution is 7.93. The third-order valence-electron chi connectivity index (χ3n) is 1.94. The molecule has 1 rings (SSSR count). The molecule has 0 saturated carbocycles. The summed E-state index contributed by atoms with van der Waals surface area (Å²) in [6.45, 7) is 3.15. The van der Waals surface area contributed by atoms with Crippen molar-refractivity contribution in [2.75, 3.05) is 5.73 Å². The predicted octanol–water partition coefficient (Wildman–Crippen LogP) is 0.374. The van der Waals surface area contributed by atoms with Crippen LogP contribution in [0.25, 0.3) is 0 Å². The van der Waals surface area contributed by atoms with Crippen LogP contribution in [0.4, 0.5) is 5.69 Å². The summed E-state index contributed by atoms with van der Waals surface area (Å²) in [5, 5.41) is 0. The maximum atomic E-state index is 12.0. The summed E-state index contributed by atoms with van der Waals surface area (Å²) in [5.74, 6) is 0. The summed E-state index contributed by atoms with van der Waals surface area (Å²) in [6, 6.07) is 5.45. The Labute approximate surface area is 105 Å². The standard InChI is InChI=1S/C9H11NO6S2/c1-2-9(16-18(13,14)15)17(11,12)8-6-4-3-5-7(8)10/h2-6,9H,1,10H2,(H,13,14,15). The van der Waals surface area contributed by atoms with Crippen LogP contribution in [0.15, 0.2) is 41.8 Å². The van der Waals surface area contributed by atoms with Gasteiger partial charge in [0.15, 0.2) is 0 Å². The summed E-state index contributed by atoms with van der Waals surface area (Å²) in [5.41, 5.74) is 3.47. The van der Waals surface area contributed by atoms with Crippen molar-refractivity contribution in [1.29, 1.82) is 0 Å². The van der Waals surface area contributed by atoms with E-state index in [4.69, 9.17) is 10.3 Å². The topological polar surface area (TPSA) is 124 Å². The highest BCUT2D eigenvalue weighted by Crippen LogP contribution is 2.24. The Hall–Kier alpha value is -1.42. The third-order valence-corrected chi connectivity index (χ3v) is 4.40. The molecule has 9 heteroatoms. The van der Waals surface area contributed by atoms with Gasteiger partial charge < -0.3 is 5.73 Å². The molecule has 1 aromatic carbocycles. The number of nitrogen functional groups attached to an aromatic ring is 1. The molecule has 100 valence electrons. The lowest BCUT2D eigenvalue weighted by molar-refractivity contribution is 0.268. The summed E-state index contributed by atoms with van der Waals surface area (Å²) < 4.78 is 57.7. The monoisotopic (exact) mass is 293 g/mol. The molecule has 3 N–H and O–H groups in total. The minimum Gasteiger partial charge on any atom is -0.398 e. The number of rotatable bonds is 5. The number of anilines is 1. The van der Waals surface area contributed by atoms with Gasteiger partial charge in [-0.05, 0) is 18.2 Å². The highest BCUT2D eigenvalue weighted by Gasteiger charge is 2.31. The van der Waals surface area contributed by atoms with Crippen LogP contribution in [0.1, 0.15) is 0 Å². The van der Waals surface area contributed by atoms with Crippen molar-refractivity contribution in [3.63, 3.8) is 0 Å². The van der Waals surface area contributed by atoms with Crippen LogP contribution in [0, 0.1) is 0 Å². The highest BCUT2D eigenvalue weighted by atomic mass is 32.3. The van der Waals surface area contributed by atoms with Crippen LogP contribution in [0.5, 0.6) is 0 Å². The SMILES string of the molecule is C=CC(OS(=O)(=O)O)S(=O)(=O)c1ccccc1N. The lowest BCUT2D eigenvalue weighted by atomic mass is 10.3. The van der Waals surface area contributed by atoms with Crippen LogP contribution >= 0.6 is 0 Å². The number of benzene rings is 1. The van der Waals surface area contributed by atoms with E-state index >= 15 is 0 Å². The molecule has 0 aliphatic rings. The Morgan fingerprint density at radius 3 is 2.28 bits per heavy atom. The van der Waals surface area contributed by atoms with Gasteiger partial charge in [0.05, 0.1) is 10.6 Å². The fourth-order valence-electron chi connectivity index (χ4n) is 1.20. The number of sulfone groups is 1. The minimum atomic E-state index is -4.93. The lowest BCUT2D eigenvalue weighted by Gasteiger charge is -2.13. The number of hydrogen-bond donors (Lipinski definition) is 2. The molecule has 0 radical (unpaired) electrons. The normalized spacial score (nSPS) is 14.1. The molecule has 0 aliphatic heterocycles. The molecule has 1 atom stereocenters. The van der Waals surface area contributed by atoms with Gasteiger partial charge in [-0.15, -0.1) is 0 Å². The van der Waals surface area contributed by atoms with Crippen LogP contribution in [-0.4, -0.2) is 26.8 Å². The van der Waals surface area contributed by atoms with E-state index in [2.05, 4.69) is 10.8 Å². The largest absolute Gasteiger partial charge is 0.398 e. The first-order valence-corrected chi connectivity index (χ1v) is 7.46. The second-order valence-electron chi connectivity index (χ2n) is 3.21. The van der Waals surface area contributed by atoms with E-state index in [0.717, 1.165) is 6.08 Å². The Morgan fingerprint density at radius 1 is 1.28 bits per heavy atom. The second kappa shape index (κ2) is 5.06. The van der Waals surface area contributed by atoms with Crippen molar-refractivity contribution in [3.8, 4) is 0 Å². The molecule has 0 aliphatic carbocycles. The molecule has 0 aromatic heterocycles.